The van der Waals surface area contributed by atoms with Gasteiger partial charge in [0.05, 0.1) is 6.04 Å². The fourth-order valence-electron chi connectivity index (χ4n) is 4.75. The summed E-state index contributed by atoms with van der Waals surface area (Å²) < 4.78 is 13.6. The molecule has 1 amide bonds. The summed E-state index contributed by atoms with van der Waals surface area (Å²) >= 11 is 0. The van der Waals surface area contributed by atoms with E-state index in [0.717, 1.165) is 24.8 Å². The summed E-state index contributed by atoms with van der Waals surface area (Å²) in [4.78, 5) is 12.6. The second-order valence-corrected chi connectivity index (χ2v) is 8.85. The molecule has 0 spiro atoms. The normalized spacial score (nSPS) is 15.5. The first kappa shape index (κ1) is 25.1. The number of hydrogen-bond donors (Lipinski definition) is 2. The number of piperidine rings is 1. The Hall–Kier alpha value is -3.96. The van der Waals surface area contributed by atoms with Gasteiger partial charge in [0.15, 0.2) is 0 Å². The predicted molar refractivity (Wildman–Crippen MR) is 139 cm³/mol. The number of hydrogen-bond acceptors (Lipinski definition) is 2. The highest BCUT2D eigenvalue weighted by atomic mass is 19.1. The van der Waals surface area contributed by atoms with Gasteiger partial charge in [0.25, 0.3) is 0 Å². The lowest BCUT2D eigenvalue weighted by Gasteiger charge is -2.33. The van der Waals surface area contributed by atoms with Gasteiger partial charge in [-0.2, -0.15) is 0 Å². The van der Waals surface area contributed by atoms with E-state index in [1.54, 1.807) is 17.0 Å². The molecule has 1 aliphatic heterocycles. The number of rotatable bonds is 4. The summed E-state index contributed by atoms with van der Waals surface area (Å²) in [6.45, 7) is 0.662. The standard InChI is InChI=1S/C19H15FO.C12H15NO2/c20-18-13-7-12-17(14-18)19(21,15-8-3-1-4-9-15)16-10-5-2-6-11-16;14-12(15)13-9-5-4-8-11(13)10-6-2-1-3-7-10/h1-14,21H;1-3,6-7,11H,4-5,8-9H2,(H,14,15). The van der Waals surface area contributed by atoms with Crippen LogP contribution in [0.1, 0.15) is 47.6 Å². The Bertz CT molecular complexity index is 1210. The van der Waals surface area contributed by atoms with Crippen LogP contribution in [0.5, 0.6) is 0 Å². The lowest BCUT2D eigenvalue weighted by molar-refractivity contribution is 0.106. The Labute approximate surface area is 211 Å². The molecule has 184 valence electrons. The maximum Gasteiger partial charge on any atom is 0.407 e. The van der Waals surface area contributed by atoms with Gasteiger partial charge >= 0.3 is 6.09 Å². The molecule has 4 nitrogen and oxygen atoms in total. The third-order valence-electron chi connectivity index (χ3n) is 6.56. The van der Waals surface area contributed by atoms with E-state index in [1.807, 2.05) is 91.0 Å². The summed E-state index contributed by atoms with van der Waals surface area (Å²) in [6.07, 6.45) is 2.23. The Morgan fingerprint density at radius 2 is 1.28 bits per heavy atom. The molecule has 1 saturated heterocycles. The molecule has 4 aromatic carbocycles. The maximum absolute atomic E-state index is 13.6. The second kappa shape index (κ2) is 11.6. The van der Waals surface area contributed by atoms with Gasteiger partial charge in [-0.15, -0.1) is 0 Å². The zero-order valence-electron chi connectivity index (χ0n) is 20.0. The Balaban J connectivity index is 0.000000179. The predicted octanol–water partition coefficient (Wildman–Crippen LogP) is 7.00. The molecular formula is C31H30FNO3. The zero-order valence-corrected chi connectivity index (χ0v) is 20.0. The highest BCUT2D eigenvalue weighted by molar-refractivity contribution is 5.66. The fourth-order valence-corrected chi connectivity index (χ4v) is 4.75. The van der Waals surface area contributed by atoms with Gasteiger partial charge in [0.1, 0.15) is 11.4 Å². The summed E-state index contributed by atoms with van der Waals surface area (Å²) in [5.41, 5.74) is 1.67. The van der Waals surface area contributed by atoms with Crippen LogP contribution in [0.25, 0.3) is 0 Å². The Morgan fingerprint density at radius 1 is 0.750 bits per heavy atom. The van der Waals surface area contributed by atoms with Crippen LogP contribution in [0.4, 0.5) is 9.18 Å². The van der Waals surface area contributed by atoms with E-state index in [9.17, 15) is 14.3 Å². The van der Waals surface area contributed by atoms with Crippen molar-refractivity contribution in [3.05, 3.63) is 143 Å². The maximum atomic E-state index is 13.6. The molecule has 4 aromatic rings. The number of likely N-dealkylation sites (tertiary alicyclic amines) is 1. The fraction of sp³-hybridized carbons (Fsp3) is 0.194. The van der Waals surface area contributed by atoms with Gasteiger partial charge in [0.2, 0.25) is 0 Å². The lowest BCUT2D eigenvalue weighted by Crippen LogP contribution is -2.37. The highest BCUT2D eigenvalue weighted by Gasteiger charge is 2.33. The molecule has 5 rings (SSSR count). The Kier molecular flexibility index (Phi) is 8.13. The first-order valence-corrected chi connectivity index (χ1v) is 12.1. The topological polar surface area (TPSA) is 60.8 Å². The van der Waals surface area contributed by atoms with Crippen LogP contribution in [0.2, 0.25) is 0 Å². The molecule has 0 aromatic heterocycles. The van der Waals surface area contributed by atoms with Crippen molar-refractivity contribution in [3.63, 3.8) is 0 Å². The number of halogens is 1. The molecule has 2 N–H and O–H groups in total. The number of carbonyl (C=O) groups is 1. The van der Waals surface area contributed by atoms with Gasteiger partial charge in [-0.3, -0.25) is 0 Å². The molecule has 0 saturated carbocycles. The third kappa shape index (κ3) is 5.64. The van der Waals surface area contributed by atoms with Crippen molar-refractivity contribution in [2.45, 2.75) is 30.9 Å². The summed E-state index contributed by atoms with van der Waals surface area (Å²) in [6, 6.07) is 34.7. The number of aliphatic hydroxyl groups is 1. The minimum Gasteiger partial charge on any atom is -0.465 e. The van der Waals surface area contributed by atoms with Crippen LogP contribution in [0.15, 0.2) is 115 Å². The largest absolute Gasteiger partial charge is 0.465 e. The molecule has 5 heteroatoms. The van der Waals surface area contributed by atoms with E-state index >= 15 is 0 Å². The van der Waals surface area contributed by atoms with Gasteiger partial charge in [-0.1, -0.05) is 103 Å². The van der Waals surface area contributed by atoms with Crippen LogP contribution in [-0.2, 0) is 5.60 Å². The van der Waals surface area contributed by atoms with Gasteiger partial charge < -0.3 is 15.1 Å². The van der Waals surface area contributed by atoms with Gasteiger partial charge in [-0.25, -0.2) is 9.18 Å². The molecule has 0 radical (unpaired) electrons. The van der Waals surface area contributed by atoms with E-state index in [-0.39, 0.29) is 11.9 Å². The SMILES string of the molecule is O=C(O)N1CCCCC1c1ccccc1.OC(c1ccccc1)(c1ccccc1)c1cccc(F)c1. The summed E-state index contributed by atoms with van der Waals surface area (Å²) in [5.74, 6) is -0.363. The number of nitrogens with zero attached hydrogens (tertiary/aromatic N) is 1. The number of carboxylic acid groups (broad SMARTS) is 1. The molecule has 1 fully saturated rings. The van der Waals surface area contributed by atoms with Crippen molar-refractivity contribution in [1.29, 1.82) is 0 Å². The lowest BCUT2D eigenvalue weighted by atomic mass is 9.80. The van der Waals surface area contributed by atoms with E-state index in [0.29, 0.717) is 23.2 Å². The highest BCUT2D eigenvalue weighted by Crippen LogP contribution is 2.36. The summed E-state index contributed by atoms with van der Waals surface area (Å²) in [7, 11) is 0. The van der Waals surface area contributed by atoms with Crippen molar-refractivity contribution in [1.82, 2.24) is 4.90 Å². The second-order valence-electron chi connectivity index (χ2n) is 8.85. The molecule has 0 bridgehead atoms. The van der Waals surface area contributed by atoms with Crippen molar-refractivity contribution in [2.24, 2.45) is 0 Å². The van der Waals surface area contributed by atoms with Crippen LogP contribution < -0.4 is 0 Å². The third-order valence-corrected chi connectivity index (χ3v) is 6.56. The van der Waals surface area contributed by atoms with Crippen molar-refractivity contribution < 1.29 is 19.4 Å². The monoisotopic (exact) mass is 483 g/mol. The molecule has 1 heterocycles. The molecule has 1 aliphatic rings. The van der Waals surface area contributed by atoms with Crippen molar-refractivity contribution >= 4 is 6.09 Å². The molecule has 1 atom stereocenters. The van der Waals surface area contributed by atoms with E-state index in [2.05, 4.69) is 0 Å². The van der Waals surface area contributed by atoms with Crippen LogP contribution >= 0.6 is 0 Å². The smallest absolute Gasteiger partial charge is 0.407 e. The van der Waals surface area contributed by atoms with Crippen LogP contribution in [-0.4, -0.2) is 27.8 Å². The first-order valence-electron chi connectivity index (χ1n) is 12.1. The zero-order chi connectivity index (χ0) is 25.4. The van der Waals surface area contributed by atoms with Crippen LogP contribution in [0.3, 0.4) is 0 Å². The Morgan fingerprint density at radius 3 is 1.81 bits per heavy atom. The minimum absolute atomic E-state index is 0.0532. The quantitative estimate of drug-likeness (QED) is 0.307. The number of amides is 1. The molecule has 1 unspecified atom stereocenters. The molecule has 0 aliphatic carbocycles. The van der Waals surface area contributed by atoms with Gasteiger partial charge in [0, 0.05) is 6.54 Å². The van der Waals surface area contributed by atoms with E-state index in [1.165, 1.54) is 12.1 Å². The number of benzene rings is 4. The first-order chi connectivity index (χ1) is 17.5. The van der Waals surface area contributed by atoms with Gasteiger partial charge in [-0.05, 0) is 53.6 Å². The summed E-state index contributed by atoms with van der Waals surface area (Å²) in [5, 5.41) is 20.5. The van der Waals surface area contributed by atoms with E-state index in [4.69, 9.17) is 5.11 Å². The molecular weight excluding hydrogens is 453 g/mol. The average Bonchev–Trinajstić information content (AvgIpc) is 2.94. The van der Waals surface area contributed by atoms with E-state index < -0.39 is 11.7 Å². The molecule has 36 heavy (non-hydrogen) atoms. The van der Waals surface area contributed by atoms with Crippen molar-refractivity contribution in [3.8, 4) is 0 Å². The van der Waals surface area contributed by atoms with Crippen molar-refractivity contribution in [2.75, 3.05) is 6.54 Å². The average molecular weight is 484 g/mol. The van der Waals surface area contributed by atoms with Crippen LogP contribution in [0, 0.1) is 5.82 Å². The minimum atomic E-state index is -1.37.